The lowest BCUT2D eigenvalue weighted by molar-refractivity contribution is -0.153. The molecule has 6 N–H and O–H groups in total. The molecule has 1 aromatic rings. The number of phenols is 1. The zero-order valence-electron chi connectivity index (χ0n) is 25.1. The van der Waals surface area contributed by atoms with E-state index in [1.165, 1.54) is 11.0 Å². The number of oxime groups is 1. The molecule has 12 nitrogen and oxygen atoms in total. The lowest BCUT2D eigenvalue weighted by Crippen LogP contribution is -2.65. The molecule has 1 fully saturated rings. The summed E-state index contributed by atoms with van der Waals surface area (Å²) in [5.74, 6) is -6.91. The molecule has 0 saturated heterocycles. The molecular formula is C30H40N4O8. The number of ketones is 2. The summed E-state index contributed by atoms with van der Waals surface area (Å²) in [6.45, 7) is 6.22. The number of phenolic OH excluding ortho intramolecular Hbond substituents is 1. The van der Waals surface area contributed by atoms with Crippen LogP contribution in [0.15, 0.2) is 34.2 Å². The fourth-order valence-electron chi connectivity index (χ4n) is 6.27. The number of amides is 1. The highest BCUT2D eigenvalue weighted by atomic mass is 16.6. The number of aromatic hydroxyl groups is 1. The number of nitrogens with two attached hydrogens (primary N) is 1. The van der Waals surface area contributed by atoms with Crippen molar-refractivity contribution in [1.29, 1.82) is 0 Å². The second-order valence-corrected chi connectivity index (χ2v) is 12.7. The molecule has 0 unspecified atom stereocenters. The molecule has 12 heteroatoms. The lowest BCUT2D eigenvalue weighted by atomic mass is 9.57. The molecule has 0 radical (unpaired) electrons. The van der Waals surface area contributed by atoms with E-state index >= 15 is 0 Å². The van der Waals surface area contributed by atoms with Crippen molar-refractivity contribution in [2.24, 2.45) is 22.7 Å². The molecule has 1 amide bonds. The van der Waals surface area contributed by atoms with Crippen LogP contribution in [0.4, 0.5) is 0 Å². The SMILES string of the molecule is CN(C)CC/C(=N\OC(C)(C)C)c1ccc(O)c2c1C[C@H]1C[C@H]3[C@H](N(C)C)C(=O)C(C(N)=O)=C(O)[C@@]3(O)C(=O)C1=C2O. The van der Waals surface area contributed by atoms with Gasteiger partial charge < -0.3 is 35.9 Å². The summed E-state index contributed by atoms with van der Waals surface area (Å²) in [7, 11) is 6.97. The first-order valence-corrected chi connectivity index (χ1v) is 13.8. The first kappa shape index (κ1) is 31.2. The van der Waals surface area contributed by atoms with Gasteiger partial charge in [-0.25, -0.2) is 0 Å². The lowest BCUT2D eigenvalue weighted by Gasteiger charge is -2.50. The summed E-state index contributed by atoms with van der Waals surface area (Å²) >= 11 is 0. The second kappa shape index (κ2) is 10.8. The third-order valence-electron chi connectivity index (χ3n) is 8.14. The van der Waals surface area contributed by atoms with Crippen LogP contribution in [0, 0.1) is 11.8 Å². The van der Waals surface area contributed by atoms with Crippen LogP contribution in [0.25, 0.3) is 5.76 Å². The molecule has 42 heavy (non-hydrogen) atoms. The van der Waals surface area contributed by atoms with Crippen LogP contribution in [0.5, 0.6) is 5.75 Å². The Kier molecular flexibility index (Phi) is 8.04. The molecule has 4 atom stereocenters. The van der Waals surface area contributed by atoms with Crippen molar-refractivity contribution in [1.82, 2.24) is 9.80 Å². The fourth-order valence-corrected chi connectivity index (χ4v) is 6.27. The standard InChI is InChI=1S/C30H40N4O8/c1-29(2,3)42-32-18(10-11-33(4)5)15-8-9-19(35)21-16(15)12-14-13-17-23(34(6)7)25(37)22(28(31)40)27(39)30(17,41)26(38)20(14)24(21)36/h8-9,14,17,23,35-36,39,41H,10-13H2,1-7H3,(H2,31,40)/b32-18+/t14-,17-,23-,30-/m0/s1. The summed E-state index contributed by atoms with van der Waals surface area (Å²) < 4.78 is 0. The molecule has 0 bridgehead atoms. The molecule has 1 saturated carbocycles. The van der Waals surface area contributed by atoms with Gasteiger partial charge in [-0.15, -0.1) is 0 Å². The number of Topliss-reactive ketones (excluding diaryl/α,β-unsaturated/α-hetero) is 2. The van der Waals surface area contributed by atoms with Gasteiger partial charge in [0.2, 0.25) is 5.78 Å². The van der Waals surface area contributed by atoms with Gasteiger partial charge in [-0.3, -0.25) is 19.3 Å². The van der Waals surface area contributed by atoms with Gasteiger partial charge in [0, 0.05) is 30.0 Å². The topological polar surface area (TPSA) is 186 Å². The number of rotatable bonds is 7. The molecule has 0 heterocycles. The normalized spacial score (nSPS) is 26.4. The van der Waals surface area contributed by atoms with Gasteiger partial charge in [0.25, 0.3) is 5.91 Å². The molecule has 0 spiro atoms. The number of carbonyl (C=O) groups is 3. The molecular weight excluding hydrogens is 544 g/mol. The van der Waals surface area contributed by atoms with Crippen LogP contribution in [0.2, 0.25) is 0 Å². The Balaban J connectivity index is 1.93. The van der Waals surface area contributed by atoms with Gasteiger partial charge in [0.15, 0.2) is 11.4 Å². The van der Waals surface area contributed by atoms with Crippen molar-refractivity contribution in [3.63, 3.8) is 0 Å². The predicted molar refractivity (Wildman–Crippen MR) is 155 cm³/mol. The van der Waals surface area contributed by atoms with E-state index in [0.29, 0.717) is 29.8 Å². The Labute approximate surface area is 244 Å². The third-order valence-corrected chi connectivity index (χ3v) is 8.14. The maximum absolute atomic E-state index is 14.0. The fraction of sp³-hybridized carbons (Fsp3) is 0.533. The number of aliphatic hydroxyl groups is 3. The van der Waals surface area contributed by atoms with E-state index in [4.69, 9.17) is 10.6 Å². The van der Waals surface area contributed by atoms with E-state index in [-0.39, 0.29) is 29.7 Å². The first-order valence-electron chi connectivity index (χ1n) is 13.8. The average molecular weight is 585 g/mol. The van der Waals surface area contributed by atoms with Crippen LogP contribution in [0.1, 0.15) is 50.3 Å². The number of hydrogen-bond donors (Lipinski definition) is 5. The van der Waals surface area contributed by atoms with Crippen molar-refractivity contribution in [2.45, 2.75) is 57.3 Å². The van der Waals surface area contributed by atoms with E-state index in [0.717, 1.165) is 0 Å². The molecule has 1 aromatic carbocycles. The summed E-state index contributed by atoms with van der Waals surface area (Å²) in [4.78, 5) is 48.7. The van der Waals surface area contributed by atoms with Gasteiger partial charge in [0.1, 0.15) is 28.4 Å². The highest BCUT2D eigenvalue weighted by molar-refractivity contribution is 6.24. The van der Waals surface area contributed by atoms with E-state index < -0.39 is 63.6 Å². The Hall–Kier alpha value is -3.74. The summed E-state index contributed by atoms with van der Waals surface area (Å²) in [5.41, 5.74) is 2.82. The summed E-state index contributed by atoms with van der Waals surface area (Å²) in [6.07, 6.45) is 0.646. The van der Waals surface area contributed by atoms with Crippen LogP contribution < -0.4 is 5.73 Å². The van der Waals surface area contributed by atoms with Gasteiger partial charge in [-0.05, 0) is 85.4 Å². The van der Waals surface area contributed by atoms with Crippen molar-refractivity contribution in [3.8, 4) is 5.75 Å². The summed E-state index contributed by atoms with van der Waals surface area (Å²) in [5, 5.41) is 49.6. The first-order chi connectivity index (χ1) is 19.4. The third kappa shape index (κ3) is 5.07. The van der Waals surface area contributed by atoms with Crippen molar-refractivity contribution >= 4 is 28.9 Å². The van der Waals surface area contributed by atoms with E-state index in [1.807, 2.05) is 39.8 Å². The minimum atomic E-state index is -2.68. The van der Waals surface area contributed by atoms with Crippen molar-refractivity contribution in [2.75, 3.05) is 34.7 Å². The van der Waals surface area contributed by atoms with Crippen LogP contribution in [-0.2, 0) is 25.6 Å². The monoisotopic (exact) mass is 584 g/mol. The predicted octanol–water partition coefficient (Wildman–Crippen LogP) is 1.43. The molecule has 4 rings (SSSR count). The maximum atomic E-state index is 14.0. The van der Waals surface area contributed by atoms with Gasteiger partial charge in [-0.2, -0.15) is 0 Å². The van der Waals surface area contributed by atoms with Gasteiger partial charge >= 0.3 is 0 Å². The quantitative estimate of drug-likeness (QED) is 0.178. The Bertz CT molecular complexity index is 1440. The summed E-state index contributed by atoms with van der Waals surface area (Å²) in [6, 6.07) is 1.93. The Morgan fingerprint density at radius 3 is 2.33 bits per heavy atom. The number of carbonyl (C=O) groups excluding carboxylic acids is 3. The number of likely N-dealkylation sites (N-methyl/N-ethyl adjacent to an activating group) is 1. The number of benzene rings is 1. The van der Waals surface area contributed by atoms with Crippen LogP contribution >= 0.6 is 0 Å². The molecule has 228 valence electrons. The van der Waals surface area contributed by atoms with Gasteiger partial charge in [0.05, 0.1) is 17.3 Å². The number of fused-ring (bicyclic) bond motifs is 3. The Morgan fingerprint density at radius 2 is 1.79 bits per heavy atom. The number of hydrogen-bond acceptors (Lipinski definition) is 11. The van der Waals surface area contributed by atoms with Gasteiger partial charge in [-0.1, -0.05) is 5.16 Å². The minimum absolute atomic E-state index is 0.00350. The van der Waals surface area contributed by atoms with E-state index in [2.05, 4.69) is 5.16 Å². The maximum Gasteiger partial charge on any atom is 0.255 e. The Morgan fingerprint density at radius 1 is 1.14 bits per heavy atom. The number of primary amides is 1. The molecule has 3 aliphatic rings. The second-order valence-electron chi connectivity index (χ2n) is 12.7. The largest absolute Gasteiger partial charge is 0.508 e. The highest BCUT2D eigenvalue weighted by Crippen LogP contribution is 2.53. The molecule has 3 aliphatic carbocycles. The minimum Gasteiger partial charge on any atom is -0.508 e. The molecule has 0 aromatic heterocycles. The molecule has 0 aliphatic heterocycles. The highest BCUT2D eigenvalue weighted by Gasteiger charge is 2.64. The zero-order valence-corrected chi connectivity index (χ0v) is 25.1. The number of nitrogens with zero attached hydrogens (tertiary/aromatic N) is 3. The van der Waals surface area contributed by atoms with Crippen LogP contribution in [0.3, 0.4) is 0 Å². The van der Waals surface area contributed by atoms with E-state index in [1.54, 1.807) is 20.2 Å². The number of aliphatic hydroxyl groups excluding tert-OH is 2. The zero-order chi connectivity index (χ0) is 31.5. The average Bonchev–Trinajstić information content (AvgIpc) is 2.85. The van der Waals surface area contributed by atoms with Crippen molar-refractivity contribution in [3.05, 3.63) is 45.7 Å². The smallest absolute Gasteiger partial charge is 0.255 e. The van der Waals surface area contributed by atoms with Crippen molar-refractivity contribution < 1.29 is 39.6 Å². The van der Waals surface area contributed by atoms with Crippen LogP contribution in [-0.4, -0.2) is 105 Å². The van der Waals surface area contributed by atoms with E-state index in [9.17, 15) is 34.8 Å².